The van der Waals surface area contributed by atoms with E-state index in [0.29, 0.717) is 0 Å². The summed E-state index contributed by atoms with van der Waals surface area (Å²) in [5.74, 6) is 0. The molecule has 1 atom stereocenters. The second-order valence-corrected chi connectivity index (χ2v) is 5.70. The Kier molecular flexibility index (Phi) is 3.08. The molecule has 2 N–H and O–H groups in total. The fourth-order valence-electron chi connectivity index (χ4n) is 1.27. The van der Waals surface area contributed by atoms with E-state index in [-0.39, 0.29) is 21.3 Å². The third kappa shape index (κ3) is 2.41. The number of halogens is 1. The fourth-order valence-corrected chi connectivity index (χ4v) is 2.85. The van der Waals surface area contributed by atoms with Crippen molar-refractivity contribution < 1.29 is 17.2 Å². The summed E-state index contributed by atoms with van der Waals surface area (Å²) in [7, 11) is -3.81. The Morgan fingerprint density at radius 1 is 1.47 bits per heavy atom. The molecule has 10 heteroatoms. The van der Waals surface area contributed by atoms with Gasteiger partial charge in [-0.05, 0) is 12.1 Å². The second-order valence-electron chi connectivity index (χ2n) is 3.02. The average Bonchev–Trinajstić information content (AvgIpc) is 2.19. The maximum atomic E-state index is 11.6. The predicted molar refractivity (Wildman–Crippen MR) is 63.3 cm³/mol. The molecule has 1 aromatic carbocycles. The molecule has 7 nitrogen and oxygen atoms in total. The first-order chi connectivity index (χ1) is 7.90. The minimum atomic E-state index is -3.81. The number of nitrogens with zero attached hydrogens (tertiary/aromatic N) is 1. The molecule has 17 heavy (non-hydrogen) atoms. The van der Waals surface area contributed by atoms with Crippen molar-refractivity contribution >= 4 is 50.6 Å². The standard InChI is InChI=1S/C7H6ClN3O4S2/c8-4-1-6-7(2-5(4)11-16(12)13)17(14,15)10-3-9-6/h1-3,11H,(H,9,10)(H,12,13)/p-1. The Labute approximate surface area is 104 Å². The SMILES string of the molecule is O=S([O-])Nc1cc2c(cc1Cl)NC=NS2(=O)=O. The molecule has 0 spiro atoms. The number of sulfonamides is 1. The van der Waals surface area contributed by atoms with Crippen LogP contribution in [0, 0.1) is 0 Å². The van der Waals surface area contributed by atoms with Gasteiger partial charge in [-0.15, -0.1) is 4.40 Å². The largest absolute Gasteiger partial charge is 0.755 e. The maximum Gasteiger partial charge on any atom is 0.285 e. The molecule has 0 aromatic heterocycles. The van der Waals surface area contributed by atoms with Crippen molar-refractivity contribution in [3.63, 3.8) is 0 Å². The van der Waals surface area contributed by atoms with Crippen LogP contribution in [0.25, 0.3) is 0 Å². The van der Waals surface area contributed by atoms with Crippen LogP contribution in [0.5, 0.6) is 0 Å². The predicted octanol–water partition coefficient (Wildman–Crippen LogP) is 0.688. The topological polar surface area (TPSA) is 111 Å². The summed E-state index contributed by atoms with van der Waals surface area (Å²) in [4.78, 5) is -0.141. The lowest BCUT2D eigenvalue weighted by Crippen LogP contribution is -2.13. The van der Waals surface area contributed by atoms with Crippen LogP contribution in [0.2, 0.25) is 5.02 Å². The molecular formula is C7H5ClN3O4S2-. The summed E-state index contributed by atoms with van der Waals surface area (Å²) in [6.45, 7) is 0. The van der Waals surface area contributed by atoms with Crippen molar-refractivity contribution in [2.45, 2.75) is 4.90 Å². The van der Waals surface area contributed by atoms with Gasteiger partial charge in [0.1, 0.15) is 11.2 Å². The number of rotatable bonds is 2. The van der Waals surface area contributed by atoms with Crippen molar-refractivity contribution in [2.75, 3.05) is 10.0 Å². The first-order valence-electron chi connectivity index (χ1n) is 4.15. The van der Waals surface area contributed by atoms with E-state index in [1.165, 1.54) is 6.07 Å². The van der Waals surface area contributed by atoms with Crippen molar-refractivity contribution in [3.8, 4) is 0 Å². The highest BCUT2D eigenvalue weighted by molar-refractivity contribution is 7.90. The van der Waals surface area contributed by atoms with Gasteiger partial charge in [-0.2, -0.15) is 8.42 Å². The number of anilines is 2. The summed E-state index contributed by atoms with van der Waals surface area (Å²) in [5, 5.41) is 2.68. The molecule has 0 aliphatic carbocycles. The van der Waals surface area contributed by atoms with E-state index in [1.54, 1.807) is 0 Å². The molecule has 0 fully saturated rings. The minimum Gasteiger partial charge on any atom is -0.755 e. The lowest BCUT2D eigenvalue weighted by molar-refractivity contribution is 0.542. The molecule has 1 aliphatic rings. The van der Waals surface area contributed by atoms with Crippen molar-refractivity contribution in [3.05, 3.63) is 17.2 Å². The molecule has 1 heterocycles. The summed E-state index contributed by atoms with van der Waals surface area (Å²) >= 11 is 3.19. The third-order valence-corrected chi connectivity index (χ3v) is 3.93. The van der Waals surface area contributed by atoms with Crippen LogP contribution < -0.4 is 10.0 Å². The molecule has 2 rings (SSSR count). The monoisotopic (exact) mass is 294 g/mol. The lowest BCUT2D eigenvalue weighted by Gasteiger charge is -2.16. The van der Waals surface area contributed by atoms with Gasteiger partial charge < -0.3 is 14.6 Å². The van der Waals surface area contributed by atoms with E-state index in [4.69, 9.17) is 11.6 Å². The molecule has 92 valence electrons. The highest BCUT2D eigenvalue weighted by Gasteiger charge is 2.22. The molecule has 0 saturated carbocycles. The summed E-state index contributed by atoms with van der Waals surface area (Å²) in [5.41, 5.74) is 0.216. The van der Waals surface area contributed by atoms with Gasteiger partial charge in [0, 0.05) is 11.3 Å². The first-order valence-corrected chi connectivity index (χ1v) is 7.04. The van der Waals surface area contributed by atoms with Gasteiger partial charge in [0.25, 0.3) is 10.0 Å². The van der Waals surface area contributed by atoms with Crippen LogP contribution in [0.1, 0.15) is 0 Å². The van der Waals surface area contributed by atoms with Gasteiger partial charge in [0.05, 0.1) is 16.4 Å². The van der Waals surface area contributed by atoms with Gasteiger partial charge in [0.2, 0.25) is 0 Å². The van der Waals surface area contributed by atoms with Crippen LogP contribution in [0.15, 0.2) is 21.4 Å². The number of benzene rings is 1. The van der Waals surface area contributed by atoms with Crippen LogP contribution in [0.4, 0.5) is 11.4 Å². The molecular weight excluding hydrogens is 290 g/mol. The highest BCUT2D eigenvalue weighted by atomic mass is 35.5. The fraction of sp³-hybridized carbons (Fsp3) is 0. The number of hydrogen-bond acceptors (Lipinski definition) is 5. The Hall–Kier alpha value is -1.16. The van der Waals surface area contributed by atoms with Crippen LogP contribution in [-0.2, 0) is 21.3 Å². The van der Waals surface area contributed by atoms with Gasteiger partial charge in [0.15, 0.2) is 0 Å². The molecule has 1 aromatic rings. The van der Waals surface area contributed by atoms with E-state index in [1.807, 2.05) is 4.72 Å². The molecule has 0 saturated heterocycles. The summed E-state index contributed by atoms with van der Waals surface area (Å²) in [6, 6.07) is 2.40. The Morgan fingerprint density at radius 3 is 2.82 bits per heavy atom. The van der Waals surface area contributed by atoms with Crippen molar-refractivity contribution in [2.24, 2.45) is 4.40 Å². The molecule has 1 aliphatic heterocycles. The number of hydrogen-bond donors (Lipinski definition) is 2. The van der Waals surface area contributed by atoms with Gasteiger partial charge in [-0.25, -0.2) is 0 Å². The molecule has 0 amide bonds. The van der Waals surface area contributed by atoms with Crippen LogP contribution in [0.3, 0.4) is 0 Å². The van der Waals surface area contributed by atoms with E-state index >= 15 is 0 Å². The minimum absolute atomic E-state index is 0.0266. The lowest BCUT2D eigenvalue weighted by atomic mass is 10.3. The zero-order chi connectivity index (χ0) is 12.6. The van der Waals surface area contributed by atoms with E-state index in [9.17, 15) is 17.2 Å². The third-order valence-electron chi connectivity index (χ3n) is 1.95. The second kappa shape index (κ2) is 4.26. The Morgan fingerprint density at radius 2 is 2.18 bits per heavy atom. The smallest absolute Gasteiger partial charge is 0.285 e. The van der Waals surface area contributed by atoms with Crippen LogP contribution in [-0.4, -0.2) is 23.5 Å². The Balaban J connectivity index is 2.60. The highest BCUT2D eigenvalue weighted by Crippen LogP contribution is 2.34. The van der Waals surface area contributed by atoms with E-state index in [0.717, 1.165) is 12.4 Å². The number of nitrogens with one attached hydrogen (secondary N) is 2. The molecule has 1 unspecified atom stereocenters. The first kappa shape index (κ1) is 12.3. The molecule has 0 radical (unpaired) electrons. The van der Waals surface area contributed by atoms with E-state index < -0.39 is 21.3 Å². The number of fused-ring (bicyclic) bond motifs is 1. The summed E-state index contributed by atoms with van der Waals surface area (Å²) in [6.07, 6.45) is 1.02. The van der Waals surface area contributed by atoms with Gasteiger partial charge >= 0.3 is 0 Å². The zero-order valence-electron chi connectivity index (χ0n) is 8.01. The van der Waals surface area contributed by atoms with Gasteiger partial charge in [-0.1, -0.05) is 11.6 Å². The zero-order valence-corrected chi connectivity index (χ0v) is 10.4. The quantitative estimate of drug-likeness (QED) is 0.780. The van der Waals surface area contributed by atoms with Crippen molar-refractivity contribution in [1.29, 1.82) is 0 Å². The molecule has 0 bridgehead atoms. The summed E-state index contributed by atoms with van der Waals surface area (Å²) < 4.78 is 49.4. The Bertz CT molecular complexity index is 628. The van der Waals surface area contributed by atoms with Crippen molar-refractivity contribution in [1.82, 2.24) is 0 Å². The normalized spacial score (nSPS) is 18.0. The van der Waals surface area contributed by atoms with Gasteiger partial charge in [-0.3, -0.25) is 4.21 Å². The van der Waals surface area contributed by atoms with E-state index in [2.05, 4.69) is 9.71 Å². The van der Waals surface area contributed by atoms with Crippen LogP contribution >= 0.6 is 11.6 Å². The average molecular weight is 295 g/mol. The maximum absolute atomic E-state index is 11.6.